The molecule has 0 radical (unpaired) electrons. The van der Waals surface area contributed by atoms with Gasteiger partial charge in [0.15, 0.2) is 0 Å². The Morgan fingerprint density at radius 2 is 1.77 bits per heavy atom. The van der Waals surface area contributed by atoms with Gasteiger partial charge >= 0.3 is 0 Å². The van der Waals surface area contributed by atoms with Crippen molar-refractivity contribution in [2.75, 3.05) is 20.1 Å². The Kier molecular flexibility index (Phi) is 8.79. The third-order valence-electron chi connectivity index (χ3n) is 4.85. The van der Waals surface area contributed by atoms with Crippen LogP contribution in [0.1, 0.15) is 25.0 Å². The lowest BCUT2D eigenvalue weighted by Gasteiger charge is -2.30. The minimum absolute atomic E-state index is 0.115. The maximum absolute atomic E-state index is 13.2. The second-order valence-electron chi connectivity index (χ2n) is 7.30. The second-order valence-corrected chi connectivity index (χ2v) is 10.3. The Hall–Kier alpha value is -2.23. The molecule has 0 saturated heterocycles. The van der Waals surface area contributed by atoms with E-state index in [0.29, 0.717) is 6.54 Å². The van der Waals surface area contributed by atoms with Crippen LogP contribution in [0.25, 0.3) is 0 Å². The van der Waals surface area contributed by atoms with Gasteiger partial charge in [-0.3, -0.25) is 9.59 Å². The molecule has 7 nitrogen and oxygen atoms in total. The minimum atomic E-state index is -3.84. The molecule has 31 heavy (non-hydrogen) atoms. The number of sulfonamides is 1. The van der Waals surface area contributed by atoms with Crippen molar-refractivity contribution in [1.82, 2.24) is 14.5 Å². The van der Waals surface area contributed by atoms with Crippen LogP contribution in [0.15, 0.2) is 57.9 Å². The van der Waals surface area contributed by atoms with E-state index in [1.165, 1.54) is 24.1 Å². The summed E-state index contributed by atoms with van der Waals surface area (Å²) in [6.07, 6.45) is 0. The number of rotatable bonds is 9. The van der Waals surface area contributed by atoms with Crippen LogP contribution in [-0.4, -0.2) is 55.6 Å². The second kappa shape index (κ2) is 10.9. The topological polar surface area (TPSA) is 86.8 Å². The first-order valence-electron chi connectivity index (χ1n) is 9.91. The molecule has 0 bridgehead atoms. The van der Waals surface area contributed by atoms with Gasteiger partial charge in [0.25, 0.3) is 0 Å². The van der Waals surface area contributed by atoms with Gasteiger partial charge in [-0.2, -0.15) is 4.31 Å². The predicted molar refractivity (Wildman–Crippen MR) is 124 cm³/mol. The summed E-state index contributed by atoms with van der Waals surface area (Å²) in [5, 5.41) is 2.72. The zero-order chi connectivity index (χ0) is 23.2. The van der Waals surface area contributed by atoms with E-state index in [1.54, 1.807) is 26.0 Å². The molecule has 0 aliphatic heterocycles. The Morgan fingerprint density at radius 1 is 1.13 bits per heavy atom. The molecule has 2 aromatic rings. The highest BCUT2D eigenvalue weighted by Crippen LogP contribution is 2.18. The van der Waals surface area contributed by atoms with Crippen molar-refractivity contribution in [2.24, 2.45) is 0 Å². The largest absolute Gasteiger partial charge is 0.355 e. The zero-order valence-corrected chi connectivity index (χ0v) is 20.5. The Bertz CT molecular complexity index is 1030. The molecule has 0 spiro atoms. The molecule has 0 saturated carbocycles. The fourth-order valence-corrected chi connectivity index (χ4v) is 4.56. The van der Waals surface area contributed by atoms with Gasteiger partial charge in [-0.15, -0.1) is 0 Å². The van der Waals surface area contributed by atoms with E-state index in [0.717, 1.165) is 19.9 Å². The van der Waals surface area contributed by atoms with Crippen LogP contribution in [0.4, 0.5) is 0 Å². The van der Waals surface area contributed by atoms with Crippen molar-refractivity contribution in [2.45, 2.75) is 38.3 Å². The number of aryl methyl sites for hydroxylation is 1. The fourth-order valence-electron chi connectivity index (χ4n) is 2.99. The van der Waals surface area contributed by atoms with E-state index in [2.05, 4.69) is 21.2 Å². The van der Waals surface area contributed by atoms with Crippen LogP contribution in [0, 0.1) is 6.92 Å². The molecule has 1 N–H and O–H groups in total. The number of hydrogen-bond acceptors (Lipinski definition) is 4. The zero-order valence-electron chi connectivity index (χ0n) is 18.1. The van der Waals surface area contributed by atoms with Crippen molar-refractivity contribution >= 4 is 37.8 Å². The number of nitrogens with zero attached hydrogens (tertiary/aromatic N) is 2. The molecule has 1 atom stereocenters. The number of nitrogens with one attached hydrogen (secondary N) is 1. The van der Waals surface area contributed by atoms with E-state index >= 15 is 0 Å². The summed E-state index contributed by atoms with van der Waals surface area (Å²) < 4.78 is 27.6. The summed E-state index contributed by atoms with van der Waals surface area (Å²) in [7, 11) is -2.48. The summed E-state index contributed by atoms with van der Waals surface area (Å²) in [4.78, 5) is 27.1. The van der Waals surface area contributed by atoms with Gasteiger partial charge in [0.2, 0.25) is 21.8 Å². The Balaban J connectivity index is 2.26. The van der Waals surface area contributed by atoms with Crippen LogP contribution in [0.5, 0.6) is 0 Å². The number of amides is 2. The Labute approximate surface area is 192 Å². The van der Waals surface area contributed by atoms with Crippen molar-refractivity contribution < 1.29 is 18.0 Å². The molecule has 0 fully saturated rings. The fraction of sp³-hybridized carbons (Fsp3) is 0.364. The van der Waals surface area contributed by atoms with Gasteiger partial charge in [-0.25, -0.2) is 8.42 Å². The van der Waals surface area contributed by atoms with Crippen molar-refractivity contribution in [3.63, 3.8) is 0 Å². The molecule has 0 aliphatic carbocycles. The molecule has 0 aromatic heterocycles. The molecule has 168 valence electrons. The third kappa shape index (κ3) is 6.62. The number of benzene rings is 2. The van der Waals surface area contributed by atoms with Crippen LogP contribution in [0.3, 0.4) is 0 Å². The SMILES string of the molecule is CCNC(=O)C(C)N(Cc1cccc(Br)c1)C(=O)CN(C)S(=O)(=O)c1ccc(C)cc1. The lowest BCUT2D eigenvalue weighted by molar-refractivity contribution is -0.140. The highest BCUT2D eigenvalue weighted by molar-refractivity contribution is 9.10. The van der Waals surface area contributed by atoms with Crippen LogP contribution in [0.2, 0.25) is 0 Å². The molecule has 2 aromatic carbocycles. The molecule has 1 unspecified atom stereocenters. The van der Waals surface area contributed by atoms with E-state index in [-0.39, 0.29) is 23.9 Å². The van der Waals surface area contributed by atoms with Crippen molar-refractivity contribution in [3.8, 4) is 0 Å². The van der Waals surface area contributed by atoms with Gasteiger partial charge in [-0.1, -0.05) is 45.8 Å². The van der Waals surface area contributed by atoms with Gasteiger partial charge in [0.05, 0.1) is 11.4 Å². The predicted octanol–water partition coefficient (Wildman–Crippen LogP) is 2.93. The average Bonchev–Trinajstić information content (AvgIpc) is 2.72. The molecule has 0 aliphatic rings. The standard InChI is InChI=1S/C22H28BrN3O4S/c1-5-24-22(28)17(3)26(14-18-7-6-8-19(23)13-18)21(27)15-25(4)31(29,30)20-11-9-16(2)10-12-20/h6-13,17H,5,14-15H2,1-4H3,(H,24,28). The van der Waals surface area contributed by atoms with Gasteiger partial charge < -0.3 is 10.2 Å². The summed E-state index contributed by atoms with van der Waals surface area (Å²) in [6, 6.07) is 13.1. The lowest BCUT2D eigenvalue weighted by Crippen LogP contribution is -2.50. The number of carbonyl (C=O) groups excluding carboxylic acids is 2. The van der Waals surface area contributed by atoms with Crippen LogP contribution < -0.4 is 5.32 Å². The first kappa shape index (κ1) is 25.0. The molecule has 2 rings (SSSR count). The summed E-state index contributed by atoms with van der Waals surface area (Å²) in [6.45, 7) is 5.53. The highest BCUT2D eigenvalue weighted by atomic mass is 79.9. The Morgan fingerprint density at radius 3 is 2.35 bits per heavy atom. The molecular weight excluding hydrogens is 482 g/mol. The minimum Gasteiger partial charge on any atom is -0.355 e. The van der Waals surface area contributed by atoms with Crippen molar-refractivity contribution in [3.05, 3.63) is 64.1 Å². The lowest BCUT2D eigenvalue weighted by atomic mass is 10.1. The summed E-state index contributed by atoms with van der Waals surface area (Å²) in [5.74, 6) is -0.758. The van der Waals surface area contributed by atoms with E-state index < -0.39 is 22.0 Å². The molecular formula is C22H28BrN3O4S. The number of halogens is 1. The molecule has 2 amide bonds. The van der Waals surface area contributed by atoms with E-state index in [4.69, 9.17) is 0 Å². The van der Waals surface area contributed by atoms with Crippen molar-refractivity contribution in [1.29, 1.82) is 0 Å². The van der Waals surface area contributed by atoms with Gasteiger partial charge in [0, 0.05) is 24.6 Å². The van der Waals surface area contributed by atoms with E-state index in [1.807, 2.05) is 31.2 Å². The number of hydrogen-bond donors (Lipinski definition) is 1. The van der Waals surface area contributed by atoms with Crippen LogP contribution in [-0.2, 0) is 26.2 Å². The molecule has 9 heteroatoms. The first-order valence-corrected chi connectivity index (χ1v) is 12.1. The van der Waals surface area contributed by atoms with Gasteiger partial charge in [0.1, 0.15) is 6.04 Å². The average molecular weight is 510 g/mol. The maximum atomic E-state index is 13.2. The number of carbonyl (C=O) groups is 2. The first-order chi connectivity index (χ1) is 14.6. The summed E-state index contributed by atoms with van der Waals surface area (Å²) in [5.41, 5.74) is 1.76. The normalized spacial score (nSPS) is 12.5. The quantitative estimate of drug-likeness (QED) is 0.562. The van der Waals surface area contributed by atoms with Crippen LogP contribution >= 0.6 is 15.9 Å². The monoisotopic (exact) mass is 509 g/mol. The third-order valence-corrected chi connectivity index (χ3v) is 7.16. The number of likely N-dealkylation sites (N-methyl/N-ethyl adjacent to an activating group) is 2. The molecule has 0 heterocycles. The maximum Gasteiger partial charge on any atom is 0.243 e. The van der Waals surface area contributed by atoms with Gasteiger partial charge in [-0.05, 0) is 50.6 Å². The highest BCUT2D eigenvalue weighted by Gasteiger charge is 2.30. The smallest absolute Gasteiger partial charge is 0.243 e. The van der Waals surface area contributed by atoms with E-state index in [9.17, 15) is 18.0 Å². The summed E-state index contributed by atoms with van der Waals surface area (Å²) >= 11 is 3.41.